The molecular formula is C17H23NO2. The van der Waals surface area contributed by atoms with Gasteiger partial charge in [-0.3, -0.25) is 4.79 Å². The Morgan fingerprint density at radius 3 is 2.40 bits per heavy atom. The van der Waals surface area contributed by atoms with Crippen LogP contribution in [0.15, 0.2) is 30.3 Å². The van der Waals surface area contributed by atoms with Crippen molar-refractivity contribution in [3.05, 3.63) is 35.9 Å². The molecule has 1 heterocycles. The Labute approximate surface area is 120 Å². The summed E-state index contributed by atoms with van der Waals surface area (Å²) in [6.45, 7) is 0.864. The van der Waals surface area contributed by atoms with E-state index in [1.807, 2.05) is 6.07 Å². The van der Waals surface area contributed by atoms with Crippen molar-refractivity contribution in [1.82, 2.24) is 4.90 Å². The molecule has 1 aliphatic carbocycles. The number of hydrogen-bond donors (Lipinski definition) is 0. The zero-order chi connectivity index (χ0) is 14.2. The highest BCUT2D eigenvalue weighted by atomic mass is 16.6. The van der Waals surface area contributed by atoms with Crippen molar-refractivity contribution in [2.45, 2.75) is 43.1 Å². The van der Waals surface area contributed by atoms with E-state index in [0.29, 0.717) is 6.42 Å². The number of carbonyl (C=O) groups excluding carboxylic acids is 1. The molecule has 2 fully saturated rings. The van der Waals surface area contributed by atoms with Crippen molar-refractivity contribution in [1.29, 1.82) is 0 Å². The van der Waals surface area contributed by atoms with Crippen LogP contribution in [0.25, 0.3) is 0 Å². The fraction of sp³-hybridized carbons (Fsp3) is 0.588. The Balaban J connectivity index is 2.11. The lowest BCUT2D eigenvalue weighted by Crippen LogP contribution is -2.52. The van der Waals surface area contributed by atoms with Gasteiger partial charge in [-0.1, -0.05) is 30.3 Å². The zero-order valence-electron chi connectivity index (χ0n) is 12.4. The van der Waals surface area contributed by atoms with E-state index < -0.39 is 0 Å². The molecule has 0 N–H and O–H groups in total. The summed E-state index contributed by atoms with van der Waals surface area (Å²) in [7, 11) is 4.16. The molecule has 1 aromatic carbocycles. The Kier molecular flexibility index (Phi) is 3.33. The largest absolute Gasteiger partial charge is 0.458 e. The molecule has 108 valence electrons. The van der Waals surface area contributed by atoms with Crippen LogP contribution in [0.1, 0.15) is 37.7 Å². The molecule has 2 aliphatic rings. The molecule has 1 spiro atoms. The van der Waals surface area contributed by atoms with Gasteiger partial charge in [0.25, 0.3) is 0 Å². The van der Waals surface area contributed by atoms with Crippen molar-refractivity contribution >= 4 is 5.97 Å². The molecule has 0 radical (unpaired) electrons. The van der Waals surface area contributed by atoms with E-state index in [2.05, 4.69) is 43.3 Å². The molecule has 3 heteroatoms. The van der Waals surface area contributed by atoms with Crippen LogP contribution in [0.2, 0.25) is 0 Å². The summed E-state index contributed by atoms with van der Waals surface area (Å²) in [5.74, 6) is -0.0300. The molecule has 0 amide bonds. The number of likely N-dealkylation sites (N-methyl/N-ethyl adjacent to an activating group) is 1. The van der Waals surface area contributed by atoms with Crippen LogP contribution < -0.4 is 0 Å². The van der Waals surface area contributed by atoms with Gasteiger partial charge in [0.2, 0.25) is 0 Å². The summed E-state index contributed by atoms with van der Waals surface area (Å²) in [6, 6.07) is 10.5. The quantitative estimate of drug-likeness (QED) is 0.793. The maximum Gasteiger partial charge on any atom is 0.307 e. The molecule has 1 saturated heterocycles. The minimum atomic E-state index is -0.282. The van der Waals surface area contributed by atoms with Gasteiger partial charge in [-0.25, -0.2) is 0 Å². The highest BCUT2D eigenvalue weighted by molar-refractivity contribution is 5.76. The van der Waals surface area contributed by atoms with E-state index in [1.165, 1.54) is 5.56 Å². The third-order valence-electron chi connectivity index (χ3n) is 4.95. The molecule has 3 rings (SSSR count). The third-order valence-corrected chi connectivity index (χ3v) is 4.95. The summed E-state index contributed by atoms with van der Waals surface area (Å²) in [5, 5.41) is 0. The van der Waals surface area contributed by atoms with Crippen LogP contribution in [0.3, 0.4) is 0 Å². The van der Waals surface area contributed by atoms with Crippen LogP contribution in [-0.2, 0) is 14.9 Å². The first-order valence-corrected chi connectivity index (χ1v) is 7.50. The van der Waals surface area contributed by atoms with Gasteiger partial charge < -0.3 is 9.64 Å². The van der Waals surface area contributed by atoms with Gasteiger partial charge in [0.15, 0.2) is 0 Å². The van der Waals surface area contributed by atoms with Crippen LogP contribution in [0, 0.1) is 0 Å². The molecule has 1 unspecified atom stereocenters. The normalized spacial score (nSPS) is 28.2. The molecule has 1 aliphatic heterocycles. The lowest BCUT2D eigenvalue weighted by molar-refractivity contribution is -0.149. The predicted molar refractivity (Wildman–Crippen MR) is 78.6 cm³/mol. The van der Waals surface area contributed by atoms with Gasteiger partial charge in [-0.15, -0.1) is 0 Å². The second-order valence-electron chi connectivity index (χ2n) is 6.54. The number of esters is 1. The van der Waals surface area contributed by atoms with E-state index in [1.54, 1.807) is 0 Å². The van der Waals surface area contributed by atoms with E-state index in [4.69, 9.17) is 4.74 Å². The fourth-order valence-electron chi connectivity index (χ4n) is 4.24. The van der Waals surface area contributed by atoms with Gasteiger partial charge in [-0.2, -0.15) is 0 Å². The Morgan fingerprint density at radius 2 is 1.80 bits per heavy atom. The van der Waals surface area contributed by atoms with Crippen LogP contribution in [0.4, 0.5) is 0 Å². The summed E-state index contributed by atoms with van der Waals surface area (Å²) in [5.41, 5.74) is 0.780. The van der Waals surface area contributed by atoms with E-state index in [-0.39, 0.29) is 17.0 Å². The SMILES string of the molecule is CN(C)CC1(c2ccccc2)CC(=O)OC12CCCC2. The van der Waals surface area contributed by atoms with Crippen molar-refractivity contribution in [2.24, 2.45) is 0 Å². The molecular weight excluding hydrogens is 250 g/mol. The van der Waals surface area contributed by atoms with Gasteiger partial charge in [0, 0.05) is 6.54 Å². The number of nitrogens with zero attached hydrogens (tertiary/aromatic N) is 1. The van der Waals surface area contributed by atoms with E-state index >= 15 is 0 Å². The zero-order valence-corrected chi connectivity index (χ0v) is 12.4. The minimum Gasteiger partial charge on any atom is -0.458 e. The second kappa shape index (κ2) is 4.88. The topological polar surface area (TPSA) is 29.5 Å². The molecule has 1 atom stereocenters. The highest BCUT2D eigenvalue weighted by Gasteiger charge is 2.62. The number of rotatable bonds is 3. The summed E-state index contributed by atoms with van der Waals surface area (Å²) in [6.07, 6.45) is 4.84. The van der Waals surface area contributed by atoms with E-state index in [0.717, 1.165) is 32.2 Å². The third kappa shape index (κ3) is 1.96. The van der Waals surface area contributed by atoms with Crippen LogP contribution in [-0.4, -0.2) is 37.1 Å². The number of carbonyl (C=O) groups is 1. The fourth-order valence-corrected chi connectivity index (χ4v) is 4.24. The lowest BCUT2D eigenvalue weighted by Gasteiger charge is -2.43. The Morgan fingerprint density at radius 1 is 1.15 bits per heavy atom. The first kappa shape index (κ1) is 13.6. The standard InChI is InChI=1S/C17H23NO2/c1-18(2)13-16(14-8-4-3-5-9-14)12-15(19)20-17(16)10-6-7-11-17/h3-5,8-9H,6-7,10-13H2,1-2H3. The number of hydrogen-bond acceptors (Lipinski definition) is 3. The highest BCUT2D eigenvalue weighted by Crippen LogP contribution is 2.54. The first-order chi connectivity index (χ1) is 9.58. The van der Waals surface area contributed by atoms with Gasteiger partial charge in [0.1, 0.15) is 5.60 Å². The van der Waals surface area contributed by atoms with Gasteiger partial charge in [-0.05, 0) is 45.3 Å². The lowest BCUT2D eigenvalue weighted by atomic mass is 9.65. The number of ether oxygens (including phenoxy) is 1. The van der Waals surface area contributed by atoms with Crippen molar-refractivity contribution in [3.8, 4) is 0 Å². The second-order valence-corrected chi connectivity index (χ2v) is 6.54. The number of benzene rings is 1. The van der Waals surface area contributed by atoms with Crippen LogP contribution in [0.5, 0.6) is 0 Å². The molecule has 20 heavy (non-hydrogen) atoms. The smallest absolute Gasteiger partial charge is 0.307 e. The monoisotopic (exact) mass is 273 g/mol. The Hall–Kier alpha value is -1.35. The Bertz CT molecular complexity index is 491. The van der Waals surface area contributed by atoms with Crippen molar-refractivity contribution < 1.29 is 9.53 Å². The minimum absolute atomic E-state index is 0.0300. The summed E-state index contributed by atoms with van der Waals surface area (Å²) in [4.78, 5) is 14.3. The molecule has 0 aromatic heterocycles. The van der Waals surface area contributed by atoms with E-state index in [9.17, 15) is 4.79 Å². The molecule has 1 saturated carbocycles. The summed E-state index contributed by atoms with van der Waals surface area (Å²) < 4.78 is 5.92. The maximum atomic E-state index is 12.1. The average Bonchev–Trinajstić information content (AvgIpc) is 2.97. The van der Waals surface area contributed by atoms with Gasteiger partial charge in [0.05, 0.1) is 11.8 Å². The maximum absolute atomic E-state index is 12.1. The average molecular weight is 273 g/mol. The summed E-state index contributed by atoms with van der Waals surface area (Å²) >= 11 is 0. The molecule has 3 nitrogen and oxygen atoms in total. The first-order valence-electron chi connectivity index (χ1n) is 7.50. The predicted octanol–water partition coefficient (Wildman–Crippen LogP) is 2.75. The van der Waals surface area contributed by atoms with Crippen molar-refractivity contribution in [2.75, 3.05) is 20.6 Å². The van der Waals surface area contributed by atoms with Gasteiger partial charge >= 0.3 is 5.97 Å². The van der Waals surface area contributed by atoms with Crippen LogP contribution >= 0.6 is 0 Å². The molecule has 0 bridgehead atoms. The molecule has 1 aromatic rings. The van der Waals surface area contributed by atoms with Crippen molar-refractivity contribution in [3.63, 3.8) is 0 Å².